The standard InChI is InChI=1S/C23H20N2O4S2/c1-25(13-18-5-4-12-28-18)21(26)14-29-22(27)17-10-8-16(9-11-17)15-30-23-24-19-6-2-3-7-20(19)31-23/h2-12H,13-15H2,1H3. The van der Waals surface area contributed by atoms with Gasteiger partial charge in [-0.1, -0.05) is 36.0 Å². The third-order valence-electron chi connectivity index (χ3n) is 4.55. The number of rotatable bonds is 8. The van der Waals surface area contributed by atoms with Crippen LogP contribution in [0.4, 0.5) is 0 Å². The van der Waals surface area contributed by atoms with E-state index >= 15 is 0 Å². The highest BCUT2D eigenvalue weighted by Crippen LogP contribution is 2.31. The van der Waals surface area contributed by atoms with E-state index in [0.29, 0.717) is 17.9 Å². The molecule has 0 N–H and O–H groups in total. The van der Waals surface area contributed by atoms with Crippen LogP contribution in [-0.2, 0) is 21.8 Å². The van der Waals surface area contributed by atoms with Crippen LogP contribution in [0.1, 0.15) is 21.7 Å². The van der Waals surface area contributed by atoms with E-state index in [2.05, 4.69) is 11.1 Å². The zero-order chi connectivity index (χ0) is 21.6. The third kappa shape index (κ3) is 5.53. The van der Waals surface area contributed by atoms with Crippen molar-refractivity contribution in [2.45, 2.75) is 16.6 Å². The van der Waals surface area contributed by atoms with Gasteiger partial charge in [0.05, 0.1) is 28.6 Å². The molecule has 8 heteroatoms. The number of likely N-dealkylation sites (N-methyl/N-ethyl adjacent to an activating group) is 1. The Kier molecular flexibility index (Phi) is 6.69. The number of thioether (sulfide) groups is 1. The van der Waals surface area contributed by atoms with E-state index in [1.807, 2.05) is 30.3 Å². The minimum absolute atomic E-state index is 0.298. The molecular formula is C23H20N2O4S2. The Morgan fingerprint density at radius 2 is 1.90 bits per heavy atom. The number of ether oxygens (including phenoxy) is 1. The fourth-order valence-corrected chi connectivity index (χ4v) is 4.86. The van der Waals surface area contributed by atoms with E-state index in [1.54, 1.807) is 60.7 Å². The maximum atomic E-state index is 12.3. The summed E-state index contributed by atoms with van der Waals surface area (Å²) in [4.78, 5) is 30.5. The zero-order valence-corrected chi connectivity index (χ0v) is 18.4. The first kappa shape index (κ1) is 21.1. The molecule has 1 amide bonds. The van der Waals surface area contributed by atoms with Gasteiger partial charge in [-0.25, -0.2) is 9.78 Å². The van der Waals surface area contributed by atoms with Crippen LogP contribution in [0.3, 0.4) is 0 Å². The highest BCUT2D eigenvalue weighted by molar-refractivity contribution is 8.00. The fourth-order valence-electron chi connectivity index (χ4n) is 2.84. The lowest BCUT2D eigenvalue weighted by atomic mass is 10.1. The molecule has 0 saturated heterocycles. The second-order valence-electron chi connectivity index (χ2n) is 6.84. The van der Waals surface area contributed by atoms with Crippen molar-refractivity contribution in [1.29, 1.82) is 0 Å². The van der Waals surface area contributed by atoms with E-state index < -0.39 is 5.97 Å². The van der Waals surface area contributed by atoms with Crippen LogP contribution in [0.15, 0.2) is 75.7 Å². The number of hydrogen-bond acceptors (Lipinski definition) is 7. The zero-order valence-electron chi connectivity index (χ0n) is 16.8. The summed E-state index contributed by atoms with van der Waals surface area (Å²) in [5.41, 5.74) is 2.50. The quantitative estimate of drug-likeness (QED) is 0.277. The summed E-state index contributed by atoms with van der Waals surface area (Å²) in [6.07, 6.45) is 1.55. The molecule has 4 rings (SSSR count). The predicted molar refractivity (Wildman–Crippen MR) is 121 cm³/mol. The first-order valence-corrected chi connectivity index (χ1v) is 11.4. The van der Waals surface area contributed by atoms with Gasteiger partial charge in [0.25, 0.3) is 5.91 Å². The number of hydrogen-bond donors (Lipinski definition) is 0. The van der Waals surface area contributed by atoms with Gasteiger partial charge in [-0.3, -0.25) is 4.79 Å². The molecule has 0 aliphatic carbocycles. The maximum absolute atomic E-state index is 12.3. The van der Waals surface area contributed by atoms with E-state index in [1.165, 1.54) is 9.60 Å². The Bertz CT molecular complexity index is 1140. The molecular weight excluding hydrogens is 432 g/mol. The van der Waals surface area contributed by atoms with Crippen molar-refractivity contribution in [2.24, 2.45) is 0 Å². The van der Waals surface area contributed by atoms with Gasteiger partial charge in [0.2, 0.25) is 0 Å². The summed E-state index contributed by atoms with van der Waals surface area (Å²) in [7, 11) is 1.64. The Hall–Kier alpha value is -3.10. The average Bonchev–Trinajstić information content (AvgIpc) is 3.45. The van der Waals surface area contributed by atoms with E-state index in [0.717, 1.165) is 21.2 Å². The molecule has 2 aromatic heterocycles. The van der Waals surface area contributed by atoms with Crippen molar-refractivity contribution in [3.63, 3.8) is 0 Å². The molecule has 0 fully saturated rings. The van der Waals surface area contributed by atoms with Crippen LogP contribution < -0.4 is 0 Å². The Morgan fingerprint density at radius 1 is 1.10 bits per heavy atom. The molecule has 6 nitrogen and oxygen atoms in total. The molecule has 0 bridgehead atoms. The first-order valence-electron chi connectivity index (χ1n) is 9.59. The highest BCUT2D eigenvalue weighted by Gasteiger charge is 2.15. The number of aromatic nitrogens is 1. The molecule has 0 saturated carbocycles. The lowest BCUT2D eigenvalue weighted by molar-refractivity contribution is -0.133. The molecule has 0 aliphatic heterocycles. The van der Waals surface area contributed by atoms with Crippen LogP contribution in [0.5, 0.6) is 0 Å². The molecule has 31 heavy (non-hydrogen) atoms. The number of fused-ring (bicyclic) bond motifs is 1. The molecule has 2 heterocycles. The highest BCUT2D eigenvalue weighted by atomic mass is 32.2. The summed E-state index contributed by atoms with van der Waals surface area (Å²) in [6, 6.07) is 18.8. The number of carbonyl (C=O) groups excluding carboxylic acids is 2. The number of furan rings is 1. The Balaban J connectivity index is 1.26. The number of benzene rings is 2. The summed E-state index contributed by atoms with van der Waals surface area (Å²) in [5, 5.41) is 0. The van der Waals surface area contributed by atoms with Gasteiger partial charge in [0.15, 0.2) is 10.9 Å². The average molecular weight is 453 g/mol. The third-order valence-corrected chi connectivity index (χ3v) is 6.80. The molecule has 2 aromatic carbocycles. The summed E-state index contributed by atoms with van der Waals surface area (Å²) < 4.78 is 12.6. The van der Waals surface area contributed by atoms with Crippen molar-refractivity contribution in [3.8, 4) is 0 Å². The smallest absolute Gasteiger partial charge is 0.338 e. The van der Waals surface area contributed by atoms with Gasteiger partial charge in [0.1, 0.15) is 5.76 Å². The van der Waals surface area contributed by atoms with Gasteiger partial charge in [-0.15, -0.1) is 11.3 Å². The Morgan fingerprint density at radius 3 is 2.65 bits per heavy atom. The number of esters is 1. The fraction of sp³-hybridized carbons (Fsp3) is 0.174. The molecule has 0 spiro atoms. The molecule has 0 unspecified atom stereocenters. The van der Waals surface area contributed by atoms with E-state index in [-0.39, 0.29) is 12.5 Å². The van der Waals surface area contributed by atoms with Gasteiger partial charge in [-0.05, 0) is 42.0 Å². The number of thiazole rings is 1. The molecule has 0 aliphatic rings. The van der Waals surface area contributed by atoms with Crippen LogP contribution >= 0.6 is 23.1 Å². The SMILES string of the molecule is CN(Cc1ccco1)C(=O)COC(=O)c1ccc(CSc2nc3ccccc3s2)cc1. The minimum Gasteiger partial charge on any atom is -0.467 e. The van der Waals surface area contributed by atoms with Crippen molar-refractivity contribution in [2.75, 3.05) is 13.7 Å². The molecule has 4 aromatic rings. The van der Waals surface area contributed by atoms with Crippen LogP contribution in [0.25, 0.3) is 10.2 Å². The number of amides is 1. The minimum atomic E-state index is -0.523. The van der Waals surface area contributed by atoms with Gasteiger partial charge >= 0.3 is 5.97 Å². The van der Waals surface area contributed by atoms with E-state index in [9.17, 15) is 9.59 Å². The lowest BCUT2D eigenvalue weighted by Gasteiger charge is -2.15. The lowest BCUT2D eigenvalue weighted by Crippen LogP contribution is -2.30. The predicted octanol–water partition coefficient (Wildman–Crippen LogP) is 5.00. The first-order chi connectivity index (χ1) is 15.1. The number of nitrogens with zero attached hydrogens (tertiary/aromatic N) is 2. The van der Waals surface area contributed by atoms with Gasteiger partial charge in [0, 0.05) is 12.8 Å². The number of para-hydroxylation sites is 1. The van der Waals surface area contributed by atoms with Crippen LogP contribution in [-0.4, -0.2) is 35.4 Å². The van der Waals surface area contributed by atoms with Gasteiger partial charge < -0.3 is 14.1 Å². The van der Waals surface area contributed by atoms with Gasteiger partial charge in [-0.2, -0.15) is 0 Å². The van der Waals surface area contributed by atoms with Crippen molar-refractivity contribution < 1.29 is 18.7 Å². The van der Waals surface area contributed by atoms with E-state index in [4.69, 9.17) is 9.15 Å². The van der Waals surface area contributed by atoms with Crippen molar-refractivity contribution in [3.05, 3.63) is 83.8 Å². The topological polar surface area (TPSA) is 72.6 Å². The summed E-state index contributed by atoms with van der Waals surface area (Å²) >= 11 is 3.34. The van der Waals surface area contributed by atoms with Crippen LogP contribution in [0.2, 0.25) is 0 Å². The second-order valence-corrected chi connectivity index (χ2v) is 9.09. The normalized spacial score (nSPS) is 10.9. The molecule has 158 valence electrons. The van der Waals surface area contributed by atoms with Crippen molar-refractivity contribution >= 4 is 45.2 Å². The summed E-state index contributed by atoms with van der Waals surface area (Å²) in [6.45, 7) is 0.00958. The largest absolute Gasteiger partial charge is 0.467 e. The molecule has 0 radical (unpaired) electrons. The van der Waals surface area contributed by atoms with Crippen molar-refractivity contribution in [1.82, 2.24) is 9.88 Å². The second kappa shape index (κ2) is 9.80. The van der Waals surface area contributed by atoms with Crippen LogP contribution in [0, 0.1) is 0 Å². The number of carbonyl (C=O) groups is 2. The summed E-state index contributed by atoms with van der Waals surface area (Å²) in [5.74, 6) is 0.603. The monoisotopic (exact) mass is 452 g/mol. The maximum Gasteiger partial charge on any atom is 0.338 e. The molecule has 0 atom stereocenters. The Labute approximate surface area is 187 Å².